The topological polar surface area (TPSA) is 109 Å². The number of pyridine rings is 3. The number of aromatic nitrogens is 5. The van der Waals surface area contributed by atoms with Crippen LogP contribution in [-0.2, 0) is 0 Å². The highest BCUT2D eigenvalue weighted by Crippen LogP contribution is 2.27. The molecule has 0 unspecified atom stereocenters. The second kappa shape index (κ2) is 11.6. The summed E-state index contributed by atoms with van der Waals surface area (Å²) >= 11 is 3.40. The van der Waals surface area contributed by atoms with Gasteiger partial charge in [0.15, 0.2) is 11.2 Å². The molecule has 44 heavy (non-hydrogen) atoms. The van der Waals surface area contributed by atoms with Gasteiger partial charge in [-0.05, 0) is 90.3 Å². The zero-order chi connectivity index (χ0) is 30.0. The van der Waals surface area contributed by atoms with Gasteiger partial charge < -0.3 is 13.6 Å². The number of rotatable bonds is 4. The van der Waals surface area contributed by atoms with Crippen molar-refractivity contribution in [3.8, 4) is 34.3 Å². The fourth-order valence-electron chi connectivity index (χ4n) is 4.75. The number of hydrogen-bond donors (Lipinski definition) is 0. The molecule has 214 valence electrons. The quantitative estimate of drug-likeness (QED) is 0.191. The number of oxazole rings is 2. The Bertz CT molecular complexity index is 2310. The third-order valence-corrected chi connectivity index (χ3v) is 7.42. The van der Waals surface area contributed by atoms with E-state index >= 15 is 0 Å². The van der Waals surface area contributed by atoms with Crippen molar-refractivity contribution in [1.29, 1.82) is 0 Å². The average Bonchev–Trinajstić information content (AvgIpc) is 3.70. The number of hydrogen-bond acceptors (Lipinski definition) is 8. The van der Waals surface area contributed by atoms with Crippen LogP contribution < -0.4 is 10.3 Å². The Kier molecular flexibility index (Phi) is 7.17. The lowest BCUT2D eigenvalue weighted by Crippen LogP contribution is -2.17. The Morgan fingerprint density at radius 1 is 0.750 bits per heavy atom. The van der Waals surface area contributed by atoms with Crippen LogP contribution in [0.5, 0.6) is 5.75 Å². The molecule has 0 atom stereocenters. The van der Waals surface area contributed by atoms with Crippen molar-refractivity contribution >= 4 is 48.9 Å². The van der Waals surface area contributed by atoms with Gasteiger partial charge in [-0.2, -0.15) is 0 Å². The van der Waals surface area contributed by atoms with E-state index in [9.17, 15) is 4.79 Å². The Labute approximate surface area is 258 Å². The second-order valence-electron chi connectivity index (χ2n) is 9.73. The van der Waals surface area contributed by atoms with E-state index in [1.54, 1.807) is 54.8 Å². The molecule has 0 saturated heterocycles. The van der Waals surface area contributed by atoms with Gasteiger partial charge in [-0.25, -0.2) is 9.97 Å². The number of fused-ring (bicyclic) bond motifs is 3. The minimum absolute atomic E-state index is 0.101. The maximum Gasteiger partial charge on any atom is 0.262 e. The Morgan fingerprint density at radius 2 is 1.41 bits per heavy atom. The first-order valence-electron chi connectivity index (χ1n) is 13.5. The van der Waals surface area contributed by atoms with E-state index in [4.69, 9.17) is 13.6 Å². The first-order chi connectivity index (χ1) is 21.6. The fraction of sp³-hybridized carbons (Fsp3) is 0.0294. The number of methoxy groups -OCH3 is 1. The van der Waals surface area contributed by atoms with Gasteiger partial charge in [-0.3, -0.25) is 19.3 Å². The molecular weight excluding hydrogens is 622 g/mol. The molecule has 8 aromatic rings. The zero-order valence-electron chi connectivity index (χ0n) is 23.2. The van der Waals surface area contributed by atoms with Crippen LogP contribution in [0.3, 0.4) is 0 Å². The van der Waals surface area contributed by atoms with Crippen molar-refractivity contribution in [2.45, 2.75) is 0 Å². The summed E-state index contributed by atoms with van der Waals surface area (Å²) < 4.78 is 19.3. The van der Waals surface area contributed by atoms with E-state index in [2.05, 4.69) is 35.9 Å². The van der Waals surface area contributed by atoms with Crippen molar-refractivity contribution in [3.63, 3.8) is 0 Å². The monoisotopic (exact) mass is 643 g/mol. The summed E-state index contributed by atoms with van der Waals surface area (Å²) in [7, 11) is 1.61. The van der Waals surface area contributed by atoms with Crippen molar-refractivity contribution in [2.75, 3.05) is 7.11 Å². The fourth-order valence-corrected chi connectivity index (χ4v) is 5.10. The Balaban J connectivity index is 0.000000165. The highest BCUT2D eigenvalue weighted by atomic mass is 79.9. The minimum Gasteiger partial charge on any atom is -0.497 e. The van der Waals surface area contributed by atoms with Crippen LogP contribution in [0.4, 0.5) is 0 Å². The van der Waals surface area contributed by atoms with Gasteiger partial charge >= 0.3 is 0 Å². The first-order valence-corrected chi connectivity index (χ1v) is 14.3. The highest BCUT2D eigenvalue weighted by molar-refractivity contribution is 9.10. The largest absolute Gasteiger partial charge is 0.497 e. The number of nitrogens with zero attached hydrogens (tertiary/aromatic N) is 5. The summed E-state index contributed by atoms with van der Waals surface area (Å²) in [6, 6.07) is 26.1. The molecule has 0 amide bonds. The summed E-state index contributed by atoms with van der Waals surface area (Å²) in [5.41, 5.74) is 5.26. The normalized spacial score (nSPS) is 11.0. The van der Waals surface area contributed by atoms with Crippen LogP contribution in [0, 0.1) is 0 Å². The van der Waals surface area contributed by atoms with Gasteiger partial charge in [0.25, 0.3) is 5.56 Å². The van der Waals surface area contributed by atoms with E-state index in [-0.39, 0.29) is 5.56 Å². The van der Waals surface area contributed by atoms with Gasteiger partial charge in [0.05, 0.1) is 23.9 Å². The molecule has 5 aromatic heterocycles. The predicted molar refractivity (Wildman–Crippen MR) is 172 cm³/mol. The molecule has 3 aromatic carbocycles. The van der Waals surface area contributed by atoms with E-state index < -0.39 is 0 Å². The predicted octanol–water partition coefficient (Wildman–Crippen LogP) is 7.85. The Morgan fingerprint density at radius 3 is 2.05 bits per heavy atom. The zero-order valence-corrected chi connectivity index (χ0v) is 24.8. The lowest BCUT2D eigenvalue weighted by molar-refractivity contribution is 0.415. The van der Waals surface area contributed by atoms with E-state index in [0.717, 1.165) is 43.5 Å². The molecule has 0 bridgehead atoms. The molecule has 0 aliphatic heterocycles. The van der Waals surface area contributed by atoms with Gasteiger partial charge in [0.1, 0.15) is 16.8 Å². The van der Waals surface area contributed by atoms with Crippen LogP contribution >= 0.6 is 15.9 Å². The number of benzene rings is 3. The molecule has 0 aliphatic carbocycles. The number of halogens is 1. The summed E-state index contributed by atoms with van der Waals surface area (Å²) in [5.74, 6) is 1.82. The molecule has 0 aliphatic rings. The summed E-state index contributed by atoms with van der Waals surface area (Å²) in [5, 5.41) is 1.46. The van der Waals surface area contributed by atoms with Crippen LogP contribution in [0.15, 0.2) is 134 Å². The minimum atomic E-state index is -0.101. The van der Waals surface area contributed by atoms with Gasteiger partial charge in [-0.1, -0.05) is 15.9 Å². The standard InChI is InChI=1S/C22H15N3O3.C12H7BrN2O/c1-27-17-5-6-18-14(11-17)8-10-25(22(18)26)16-4-7-20-19(12-16)24-21(28-20)15-3-2-9-23-13-15;13-9-3-4-11-10(6-9)15-12(16-11)8-2-1-5-14-7-8/h2-13H,1H3;1-7H. The average molecular weight is 644 g/mol. The third kappa shape index (κ3) is 5.34. The molecule has 9 nitrogen and oxygen atoms in total. The maximum atomic E-state index is 13.0. The summed E-state index contributed by atoms with van der Waals surface area (Å²) in [6.07, 6.45) is 8.62. The second-order valence-corrected chi connectivity index (χ2v) is 10.6. The van der Waals surface area contributed by atoms with Crippen LogP contribution in [0.2, 0.25) is 0 Å². The molecule has 0 radical (unpaired) electrons. The van der Waals surface area contributed by atoms with E-state index in [1.807, 2.05) is 72.8 Å². The van der Waals surface area contributed by atoms with Crippen LogP contribution in [0.25, 0.3) is 61.6 Å². The van der Waals surface area contributed by atoms with E-state index in [1.165, 1.54) is 0 Å². The molecule has 8 rings (SSSR count). The van der Waals surface area contributed by atoms with Crippen molar-refractivity contribution in [3.05, 3.63) is 131 Å². The molecule has 5 heterocycles. The SMILES string of the molecule is Brc1ccc2oc(-c3cccnc3)nc2c1.COc1ccc2c(=O)n(-c3ccc4oc(-c5cccnc5)nc4c3)ccc2c1. The summed E-state index contributed by atoms with van der Waals surface area (Å²) in [6.45, 7) is 0. The molecular formula is C34H22BrN5O4. The van der Waals surface area contributed by atoms with E-state index in [0.29, 0.717) is 28.3 Å². The van der Waals surface area contributed by atoms with Gasteiger partial charge in [0, 0.05) is 40.8 Å². The van der Waals surface area contributed by atoms with Gasteiger partial charge in [-0.15, -0.1) is 0 Å². The third-order valence-electron chi connectivity index (χ3n) is 6.93. The van der Waals surface area contributed by atoms with Crippen LogP contribution in [0.1, 0.15) is 0 Å². The smallest absolute Gasteiger partial charge is 0.262 e. The maximum absolute atomic E-state index is 13.0. The lowest BCUT2D eigenvalue weighted by atomic mass is 10.1. The van der Waals surface area contributed by atoms with Crippen molar-refractivity contribution < 1.29 is 13.6 Å². The summed E-state index contributed by atoms with van der Waals surface area (Å²) in [4.78, 5) is 30.0. The molecule has 10 heteroatoms. The van der Waals surface area contributed by atoms with Crippen LogP contribution in [-0.4, -0.2) is 31.6 Å². The lowest BCUT2D eigenvalue weighted by Gasteiger charge is -2.08. The molecule has 0 spiro atoms. The Hall–Kier alpha value is -5.61. The van der Waals surface area contributed by atoms with Crippen molar-refractivity contribution in [1.82, 2.24) is 24.5 Å². The highest BCUT2D eigenvalue weighted by Gasteiger charge is 2.12. The molecule has 0 saturated carbocycles. The first kappa shape index (κ1) is 27.2. The van der Waals surface area contributed by atoms with Crippen molar-refractivity contribution in [2.24, 2.45) is 0 Å². The molecule has 0 N–H and O–H groups in total. The molecule has 0 fully saturated rings. The number of ether oxygens (including phenoxy) is 1. The van der Waals surface area contributed by atoms with Gasteiger partial charge in [0.2, 0.25) is 11.8 Å².